The molecular formula is C21H34IN5O4. The molecule has 3 rings (SSSR count). The van der Waals surface area contributed by atoms with Crippen LogP contribution in [0.1, 0.15) is 38.4 Å². The minimum atomic E-state index is -0.252. The zero-order chi connectivity index (χ0) is 21.2. The van der Waals surface area contributed by atoms with Crippen LogP contribution in [0.5, 0.6) is 0 Å². The molecular weight excluding hydrogens is 513 g/mol. The molecule has 10 heteroatoms. The first kappa shape index (κ1) is 25.3. The van der Waals surface area contributed by atoms with Gasteiger partial charge in [-0.15, -0.1) is 24.0 Å². The van der Waals surface area contributed by atoms with Crippen molar-refractivity contribution in [3.63, 3.8) is 0 Å². The molecule has 2 fully saturated rings. The Kier molecular flexibility index (Phi) is 11.0. The van der Waals surface area contributed by atoms with Crippen LogP contribution in [0.4, 0.5) is 4.79 Å². The van der Waals surface area contributed by atoms with Crippen molar-refractivity contribution < 1.29 is 18.7 Å². The van der Waals surface area contributed by atoms with Gasteiger partial charge in [0.1, 0.15) is 12.3 Å². The number of likely N-dealkylation sites (tertiary alicyclic amines) is 2. The van der Waals surface area contributed by atoms with E-state index in [1.54, 1.807) is 11.2 Å². The van der Waals surface area contributed by atoms with Gasteiger partial charge in [-0.1, -0.05) is 0 Å². The van der Waals surface area contributed by atoms with Crippen LogP contribution in [-0.2, 0) is 16.0 Å². The predicted octanol–water partition coefficient (Wildman–Crippen LogP) is 2.22. The number of hydrogen-bond acceptors (Lipinski definition) is 5. The van der Waals surface area contributed by atoms with Gasteiger partial charge in [-0.3, -0.25) is 4.79 Å². The van der Waals surface area contributed by atoms with Gasteiger partial charge < -0.3 is 29.6 Å². The van der Waals surface area contributed by atoms with E-state index in [-0.39, 0.29) is 48.6 Å². The van der Waals surface area contributed by atoms with Crippen molar-refractivity contribution in [1.29, 1.82) is 0 Å². The second-order valence-electron chi connectivity index (χ2n) is 7.61. The van der Waals surface area contributed by atoms with Crippen LogP contribution in [0.25, 0.3) is 0 Å². The summed E-state index contributed by atoms with van der Waals surface area (Å²) in [5.74, 6) is 1.60. The number of rotatable bonds is 7. The van der Waals surface area contributed by atoms with E-state index in [4.69, 9.17) is 9.15 Å². The van der Waals surface area contributed by atoms with Crippen LogP contribution in [0, 0.1) is 0 Å². The third-order valence-electron chi connectivity index (χ3n) is 5.44. The molecule has 0 aliphatic carbocycles. The van der Waals surface area contributed by atoms with Crippen molar-refractivity contribution in [2.45, 2.75) is 45.1 Å². The van der Waals surface area contributed by atoms with Crippen molar-refractivity contribution in [1.82, 2.24) is 20.4 Å². The Morgan fingerprint density at radius 3 is 2.58 bits per heavy atom. The van der Waals surface area contributed by atoms with Crippen molar-refractivity contribution >= 4 is 41.9 Å². The Morgan fingerprint density at radius 2 is 1.94 bits per heavy atom. The van der Waals surface area contributed by atoms with Crippen LogP contribution >= 0.6 is 24.0 Å². The lowest BCUT2D eigenvalue weighted by atomic mass is 10.1. The summed E-state index contributed by atoms with van der Waals surface area (Å²) in [6.07, 6.45) is 5.89. The molecule has 174 valence electrons. The maximum Gasteiger partial charge on any atom is 0.409 e. The fourth-order valence-corrected chi connectivity index (χ4v) is 3.74. The number of piperidine rings is 1. The van der Waals surface area contributed by atoms with Gasteiger partial charge in [-0.25, -0.2) is 9.79 Å². The fraction of sp³-hybridized carbons (Fsp3) is 0.667. The number of nitrogens with zero attached hydrogens (tertiary/aromatic N) is 3. The molecule has 0 bridgehead atoms. The number of ether oxygens (including phenoxy) is 1. The molecule has 0 spiro atoms. The highest BCUT2D eigenvalue weighted by Crippen LogP contribution is 2.12. The Labute approximate surface area is 201 Å². The number of hydrogen-bond donors (Lipinski definition) is 2. The summed E-state index contributed by atoms with van der Waals surface area (Å²) in [5.41, 5.74) is 0. The highest BCUT2D eigenvalue weighted by Gasteiger charge is 2.24. The lowest BCUT2D eigenvalue weighted by Crippen LogP contribution is -2.50. The molecule has 31 heavy (non-hydrogen) atoms. The molecule has 2 amide bonds. The summed E-state index contributed by atoms with van der Waals surface area (Å²) in [7, 11) is 0. The van der Waals surface area contributed by atoms with E-state index in [1.807, 2.05) is 24.0 Å². The van der Waals surface area contributed by atoms with Gasteiger partial charge in [0.15, 0.2) is 5.96 Å². The number of carbonyl (C=O) groups excluding carboxylic acids is 2. The second kappa shape index (κ2) is 13.4. The van der Waals surface area contributed by atoms with Crippen LogP contribution in [0.15, 0.2) is 27.8 Å². The van der Waals surface area contributed by atoms with E-state index in [1.165, 1.54) is 0 Å². The second-order valence-corrected chi connectivity index (χ2v) is 7.61. The van der Waals surface area contributed by atoms with E-state index in [0.717, 1.165) is 51.0 Å². The molecule has 2 aliphatic rings. The van der Waals surface area contributed by atoms with Gasteiger partial charge in [-0.2, -0.15) is 0 Å². The fourth-order valence-electron chi connectivity index (χ4n) is 3.74. The average molecular weight is 547 g/mol. The summed E-state index contributed by atoms with van der Waals surface area (Å²) >= 11 is 0. The van der Waals surface area contributed by atoms with Crippen LogP contribution in [0.2, 0.25) is 0 Å². The molecule has 0 saturated carbocycles. The number of halogens is 1. The molecule has 1 aromatic rings. The largest absolute Gasteiger partial charge is 0.469 e. The highest BCUT2D eigenvalue weighted by molar-refractivity contribution is 14.0. The first-order valence-electron chi connectivity index (χ1n) is 10.9. The van der Waals surface area contributed by atoms with Crippen LogP contribution in [-0.4, -0.2) is 79.7 Å². The predicted molar refractivity (Wildman–Crippen MR) is 129 cm³/mol. The van der Waals surface area contributed by atoms with Crippen molar-refractivity contribution in [3.8, 4) is 0 Å². The molecule has 0 radical (unpaired) electrons. The lowest BCUT2D eigenvalue weighted by molar-refractivity contribution is -0.128. The summed E-state index contributed by atoms with van der Waals surface area (Å²) in [6, 6.07) is 4.00. The number of aliphatic imine (C=N–C) groups is 1. The summed E-state index contributed by atoms with van der Waals surface area (Å²) < 4.78 is 10.5. The maximum atomic E-state index is 12.4. The molecule has 2 aliphatic heterocycles. The molecule has 2 saturated heterocycles. The SMILES string of the molecule is CCOC(=O)N1CCC(NC(=NCC(=O)N2CCCC2)NCCc2ccco2)CC1.I. The van der Waals surface area contributed by atoms with Gasteiger partial charge >= 0.3 is 6.09 Å². The smallest absolute Gasteiger partial charge is 0.409 e. The van der Waals surface area contributed by atoms with E-state index in [2.05, 4.69) is 15.6 Å². The molecule has 9 nitrogen and oxygen atoms in total. The Hall–Kier alpha value is -1.98. The molecule has 1 aromatic heterocycles. The van der Waals surface area contributed by atoms with Crippen LogP contribution in [0.3, 0.4) is 0 Å². The molecule has 0 unspecified atom stereocenters. The van der Waals surface area contributed by atoms with E-state index in [9.17, 15) is 9.59 Å². The van der Waals surface area contributed by atoms with E-state index >= 15 is 0 Å². The summed E-state index contributed by atoms with van der Waals surface area (Å²) in [4.78, 5) is 32.4. The first-order valence-corrected chi connectivity index (χ1v) is 10.9. The number of furan rings is 1. The van der Waals surface area contributed by atoms with Crippen molar-refractivity contribution in [2.75, 3.05) is 45.9 Å². The minimum absolute atomic E-state index is 0. The average Bonchev–Trinajstić information content (AvgIpc) is 3.46. The Morgan fingerprint density at radius 1 is 1.19 bits per heavy atom. The van der Waals surface area contributed by atoms with Gasteiger partial charge in [0.05, 0.1) is 12.9 Å². The molecule has 0 atom stereocenters. The zero-order valence-electron chi connectivity index (χ0n) is 18.2. The number of amides is 2. The zero-order valence-corrected chi connectivity index (χ0v) is 20.5. The highest BCUT2D eigenvalue weighted by atomic mass is 127. The minimum Gasteiger partial charge on any atom is -0.469 e. The van der Waals surface area contributed by atoms with Crippen molar-refractivity contribution in [2.24, 2.45) is 4.99 Å². The lowest BCUT2D eigenvalue weighted by Gasteiger charge is -2.32. The van der Waals surface area contributed by atoms with E-state index in [0.29, 0.717) is 32.2 Å². The topological polar surface area (TPSA) is 99.4 Å². The number of nitrogens with one attached hydrogen (secondary N) is 2. The molecule has 2 N–H and O–H groups in total. The normalized spacial score (nSPS) is 17.3. The third-order valence-corrected chi connectivity index (χ3v) is 5.44. The quantitative estimate of drug-likeness (QED) is 0.309. The maximum absolute atomic E-state index is 12.4. The Balaban J connectivity index is 0.00000341. The summed E-state index contributed by atoms with van der Waals surface area (Å²) in [6.45, 7) is 5.93. The van der Waals surface area contributed by atoms with Gasteiger partial charge in [0, 0.05) is 45.2 Å². The first-order chi connectivity index (χ1) is 14.7. The van der Waals surface area contributed by atoms with Gasteiger partial charge in [0.2, 0.25) is 5.91 Å². The summed E-state index contributed by atoms with van der Waals surface area (Å²) in [5, 5.41) is 6.74. The monoisotopic (exact) mass is 547 g/mol. The van der Waals surface area contributed by atoms with Crippen LogP contribution < -0.4 is 10.6 Å². The van der Waals surface area contributed by atoms with Gasteiger partial charge in [-0.05, 0) is 44.7 Å². The standard InChI is InChI=1S/C21H33N5O4.HI/c1-2-29-21(28)26-13-8-17(9-14-26)24-20(22-10-7-18-6-5-15-30-18)23-16-19(27)25-11-3-4-12-25;/h5-6,15,17H,2-4,7-14,16H2,1H3,(H2,22,23,24);1H. The Bertz CT molecular complexity index is 699. The van der Waals surface area contributed by atoms with Gasteiger partial charge in [0.25, 0.3) is 0 Å². The molecule has 0 aromatic carbocycles. The number of guanidine groups is 1. The number of carbonyl (C=O) groups is 2. The molecule has 3 heterocycles. The third kappa shape index (κ3) is 8.23. The van der Waals surface area contributed by atoms with E-state index < -0.39 is 0 Å². The van der Waals surface area contributed by atoms with Crippen molar-refractivity contribution in [3.05, 3.63) is 24.2 Å².